The Kier molecular flexibility index (Phi) is 3.58. The molecule has 4 rings (SSSR count). The molecular weight excluding hydrogens is 324 g/mol. The quantitative estimate of drug-likeness (QED) is 0.617. The predicted molar refractivity (Wildman–Crippen MR) is 92.8 cm³/mol. The van der Waals surface area contributed by atoms with Gasteiger partial charge in [0.2, 0.25) is 0 Å². The van der Waals surface area contributed by atoms with Gasteiger partial charge in [-0.2, -0.15) is 5.10 Å². The Balaban J connectivity index is 1.63. The van der Waals surface area contributed by atoms with Crippen LogP contribution in [0, 0.1) is 6.92 Å². The number of hydrogen-bond acceptors (Lipinski definition) is 6. The summed E-state index contributed by atoms with van der Waals surface area (Å²) in [6, 6.07) is 9.35. The van der Waals surface area contributed by atoms with Crippen molar-refractivity contribution in [3.63, 3.8) is 0 Å². The lowest BCUT2D eigenvalue weighted by Crippen LogP contribution is -2.16. The van der Waals surface area contributed by atoms with Crippen molar-refractivity contribution in [2.24, 2.45) is 0 Å². The van der Waals surface area contributed by atoms with Gasteiger partial charge in [0.1, 0.15) is 12.7 Å². The first-order valence-electron chi connectivity index (χ1n) is 7.37. The van der Waals surface area contributed by atoms with Gasteiger partial charge in [0, 0.05) is 17.1 Å². The van der Waals surface area contributed by atoms with Crippen LogP contribution in [0.3, 0.4) is 0 Å². The third-order valence-electron chi connectivity index (χ3n) is 3.66. The fourth-order valence-electron chi connectivity index (χ4n) is 2.53. The molecule has 1 aromatic carbocycles. The van der Waals surface area contributed by atoms with E-state index in [1.165, 1.54) is 17.7 Å². The fourth-order valence-corrected chi connectivity index (χ4v) is 3.42. The predicted octanol–water partition coefficient (Wildman–Crippen LogP) is 2.26. The van der Waals surface area contributed by atoms with Gasteiger partial charge in [-0.25, -0.2) is 14.6 Å². The van der Waals surface area contributed by atoms with E-state index in [0.717, 1.165) is 17.1 Å². The molecule has 0 aliphatic heterocycles. The molecule has 0 bridgehead atoms. The summed E-state index contributed by atoms with van der Waals surface area (Å²) in [5.41, 5.74) is 3.34. The maximum atomic E-state index is 12.2. The fraction of sp³-hybridized carbons (Fsp3) is 0.125. The molecule has 1 N–H and O–H groups in total. The second-order valence-corrected chi connectivity index (χ2v) is 6.13. The molecule has 0 saturated carbocycles. The van der Waals surface area contributed by atoms with Crippen molar-refractivity contribution in [1.82, 2.24) is 24.1 Å². The third-order valence-corrected chi connectivity index (χ3v) is 4.60. The second kappa shape index (κ2) is 5.89. The number of aromatic nitrogens is 5. The van der Waals surface area contributed by atoms with Gasteiger partial charge in [-0.05, 0) is 19.1 Å². The van der Waals surface area contributed by atoms with Gasteiger partial charge in [-0.3, -0.25) is 9.20 Å². The number of nitrogens with zero attached hydrogens (tertiary/aromatic N) is 5. The largest absolute Gasteiger partial charge is 0.378 e. The van der Waals surface area contributed by atoms with Crippen molar-refractivity contribution >= 4 is 22.0 Å². The standard InChI is InChI=1S/C16H14N6OS/c1-11-8-24-16-20-12(6-15(23)22(11)16)7-18-13-4-2-3-5-14(13)21-10-17-9-19-21/h2-6,8-10,18H,7H2,1H3. The Labute approximate surface area is 141 Å². The highest BCUT2D eigenvalue weighted by Crippen LogP contribution is 2.19. The van der Waals surface area contributed by atoms with Crippen LogP contribution in [0.25, 0.3) is 10.6 Å². The SMILES string of the molecule is Cc1csc2nc(CNc3ccccc3-n3cncn3)cc(=O)n12. The topological polar surface area (TPSA) is 77.1 Å². The molecular formula is C16H14N6OS. The highest BCUT2D eigenvalue weighted by molar-refractivity contribution is 7.15. The molecule has 0 aliphatic rings. The summed E-state index contributed by atoms with van der Waals surface area (Å²) >= 11 is 1.47. The maximum absolute atomic E-state index is 12.2. The van der Waals surface area contributed by atoms with E-state index in [2.05, 4.69) is 20.4 Å². The number of benzene rings is 1. The van der Waals surface area contributed by atoms with Crippen LogP contribution in [0.4, 0.5) is 5.69 Å². The minimum atomic E-state index is -0.0555. The second-order valence-electron chi connectivity index (χ2n) is 5.29. The molecule has 0 atom stereocenters. The van der Waals surface area contributed by atoms with E-state index in [9.17, 15) is 4.79 Å². The lowest BCUT2D eigenvalue weighted by atomic mass is 10.2. The smallest absolute Gasteiger partial charge is 0.259 e. The van der Waals surface area contributed by atoms with Crippen molar-refractivity contribution in [3.05, 3.63) is 70.1 Å². The Bertz CT molecular complexity index is 1050. The van der Waals surface area contributed by atoms with E-state index in [0.29, 0.717) is 17.2 Å². The Morgan fingerprint density at radius 1 is 1.29 bits per heavy atom. The van der Waals surface area contributed by atoms with Crippen LogP contribution >= 0.6 is 11.3 Å². The van der Waals surface area contributed by atoms with Crippen LogP contribution in [-0.4, -0.2) is 24.1 Å². The molecule has 8 heteroatoms. The van der Waals surface area contributed by atoms with E-state index < -0.39 is 0 Å². The molecule has 24 heavy (non-hydrogen) atoms. The van der Waals surface area contributed by atoms with Gasteiger partial charge in [-0.1, -0.05) is 12.1 Å². The normalized spacial score (nSPS) is 11.0. The van der Waals surface area contributed by atoms with Gasteiger partial charge >= 0.3 is 0 Å². The maximum Gasteiger partial charge on any atom is 0.259 e. The van der Waals surface area contributed by atoms with Crippen LogP contribution in [0.2, 0.25) is 0 Å². The number of aryl methyl sites for hydroxylation is 1. The van der Waals surface area contributed by atoms with Crippen LogP contribution in [0.1, 0.15) is 11.4 Å². The minimum Gasteiger partial charge on any atom is -0.378 e. The Morgan fingerprint density at radius 2 is 2.17 bits per heavy atom. The minimum absolute atomic E-state index is 0.0555. The molecule has 7 nitrogen and oxygen atoms in total. The zero-order valence-electron chi connectivity index (χ0n) is 12.9. The number of anilines is 1. The summed E-state index contributed by atoms with van der Waals surface area (Å²) in [7, 11) is 0. The summed E-state index contributed by atoms with van der Waals surface area (Å²) in [5.74, 6) is 0. The van der Waals surface area contributed by atoms with Gasteiger partial charge < -0.3 is 5.32 Å². The zero-order valence-corrected chi connectivity index (χ0v) is 13.7. The molecule has 120 valence electrons. The zero-order chi connectivity index (χ0) is 16.5. The van der Waals surface area contributed by atoms with Crippen LogP contribution < -0.4 is 10.9 Å². The number of nitrogens with one attached hydrogen (secondary N) is 1. The molecule has 0 radical (unpaired) electrons. The van der Waals surface area contributed by atoms with Crippen LogP contribution in [-0.2, 0) is 6.54 Å². The summed E-state index contributed by atoms with van der Waals surface area (Å²) < 4.78 is 3.31. The highest BCUT2D eigenvalue weighted by atomic mass is 32.1. The van der Waals surface area contributed by atoms with Gasteiger partial charge in [0.15, 0.2) is 4.96 Å². The van der Waals surface area contributed by atoms with Gasteiger partial charge in [0.05, 0.1) is 23.6 Å². The van der Waals surface area contributed by atoms with E-state index in [1.54, 1.807) is 21.5 Å². The van der Waals surface area contributed by atoms with Crippen molar-refractivity contribution in [2.45, 2.75) is 13.5 Å². The lowest BCUT2D eigenvalue weighted by Gasteiger charge is -2.11. The first kappa shape index (κ1) is 14.6. The van der Waals surface area contributed by atoms with E-state index in [-0.39, 0.29) is 5.56 Å². The first-order valence-corrected chi connectivity index (χ1v) is 8.25. The van der Waals surface area contributed by atoms with Crippen LogP contribution in [0.5, 0.6) is 0 Å². The van der Waals surface area contributed by atoms with Crippen molar-refractivity contribution in [3.8, 4) is 5.69 Å². The molecule has 0 saturated heterocycles. The molecule has 0 spiro atoms. The number of rotatable bonds is 4. The molecule has 0 unspecified atom stereocenters. The van der Waals surface area contributed by atoms with E-state index in [1.807, 2.05) is 36.6 Å². The monoisotopic (exact) mass is 338 g/mol. The lowest BCUT2D eigenvalue weighted by molar-refractivity contribution is 0.876. The molecule has 0 aliphatic carbocycles. The van der Waals surface area contributed by atoms with Crippen molar-refractivity contribution < 1.29 is 0 Å². The molecule has 0 fully saturated rings. The number of fused-ring (bicyclic) bond motifs is 1. The van der Waals surface area contributed by atoms with Gasteiger partial charge in [0.25, 0.3) is 5.56 Å². The summed E-state index contributed by atoms with van der Waals surface area (Å²) in [6.45, 7) is 2.35. The van der Waals surface area contributed by atoms with Crippen LogP contribution in [0.15, 0.2) is 53.2 Å². The van der Waals surface area contributed by atoms with Gasteiger partial charge in [-0.15, -0.1) is 11.3 Å². The van der Waals surface area contributed by atoms with Crippen molar-refractivity contribution in [1.29, 1.82) is 0 Å². The molecule has 3 aromatic heterocycles. The van der Waals surface area contributed by atoms with E-state index in [4.69, 9.17) is 0 Å². The molecule has 0 amide bonds. The summed E-state index contributed by atoms with van der Waals surface area (Å²) in [5, 5.41) is 9.41. The molecule has 3 heterocycles. The van der Waals surface area contributed by atoms with Crippen molar-refractivity contribution in [2.75, 3.05) is 5.32 Å². The summed E-state index contributed by atoms with van der Waals surface area (Å²) in [6.07, 6.45) is 3.14. The number of hydrogen-bond donors (Lipinski definition) is 1. The van der Waals surface area contributed by atoms with E-state index >= 15 is 0 Å². The highest BCUT2D eigenvalue weighted by Gasteiger charge is 2.08. The Hall–Kier alpha value is -3.00. The average molecular weight is 338 g/mol. The Morgan fingerprint density at radius 3 is 3.00 bits per heavy atom. The molecule has 4 aromatic rings. The summed E-state index contributed by atoms with van der Waals surface area (Å²) in [4.78, 5) is 21.5. The third kappa shape index (κ3) is 2.56. The first-order chi connectivity index (χ1) is 11.7. The number of para-hydroxylation sites is 2. The average Bonchev–Trinajstić information content (AvgIpc) is 3.24. The number of thiazole rings is 1.